The molecule has 186 valence electrons. The summed E-state index contributed by atoms with van der Waals surface area (Å²) < 4.78 is 0. The second-order valence-corrected chi connectivity index (χ2v) is 9.85. The van der Waals surface area contributed by atoms with Crippen molar-refractivity contribution in [3.05, 3.63) is 35.4 Å². The van der Waals surface area contributed by atoms with Crippen molar-refractivity contribution in [2.75, 3.05) is 82.8 Å². The van der Waals surface area contributed by atoms with Crippen molar-refractivity contribution in [3.63, 3.8) is 0 Å². The SMILES string of the molecule is CN1CCN(c2ccc3c4c(ccc(N5CCN(C)CC5)c24)C(=O)N(CCCC(=O)O)C3=O)CC1. The maximum atomic E-state index is 13.5. The summed E-state index contributed by atoms with van der Waals surface area (Å²) in [7, 11) is 4.25. The Balaban J connectivity index is 1.62. The molecule has 0 saturated carbocycles. The lowest BCUT2D eigenvalue weighted by molar-refractivity contribution is -0.137. The lowest BCUT2D eigenvalue weighted by Crippen LogP contribution is -2.46. The first-order valence-corrected chi connectivity index (χ1v) is 12.4. The van der Waals surface area contributed by atoms with E-state index in [0.29, 0.717) is 11.1 Å². The molecule has 2 saturated heterocycles. The first-order chi connectivity index (χ1) is 16.8. The number of carboxylic acid groups (broad SMARTS) is 1. The van der Waals surface area contributed by atoms with Gasteiger partial charge >= 0.3 is 5.97 Å². The number of carbonyl (C=O) groups is 3. The van der Waals surface area contributed by atoms with E-state index in [1.54, 1.807) is 0 Å². The van der Waals surface area contributed by atoms with Gasteiger partial charge in [0, 0.05) is 98.6 Å². The average molecular weight is 480 g/mol. The minimum Gasteiger partial charge on any atom is -0.481 e. The monoisotopic (exact) mass is 479 g/mol. The molecular weight excluding hydrogens is 446 g/mol. The maximum absolute atomic E-state index is 13.5. The summed E-state index contributed by atoms with van der Waals surface area (Å²) in [6.45, 7) is 7.50. The topological polar surface area (TPSA) is 87.6 Å². The van der Waals surface area contributed by atoms with Gasteiger partial charge in [0.2, 0.25) is 0 Å². The summed E-state index contributed by atoms with van der Waals surface area (Å²) in [5, 5.41) is 10.7. The van der Waals surface area contributed by atoms with E-state index >= 15 is 0 Å². The van der Waals surface area contributed by atoms with Crippen molar-refractivity contribution in [3.8, 4) is 0 Å². The van der Waals surface area contributed by atoms with Gasteiger partial charge in [-0.3, -0.25) is 19.3 Å². The Morgan fingerprint density at radius 1 is 0.743 bits per heavy atom. The van der Waals surface area contributed by atoms with Crippen molar-refractivity contribution in [1.82, 2.24) is 14.7 Å². The molecule has 2 aromatic carbocycles. The number of carboxylic acids is 1. The predicted molar refractivity (Wildman–Crippen MR) is 136 cm³/mol. The molecule has 9 nitrogen and oxygen atoms in total. The number of anilines is 2. The Hall–Kier alpha value is -3.17. The molecule has 2 amide bonds. The lowest BCUT2D eigenvalue weighted by atomic mass is 9.90. The van der Waals surface area contributed by atoms with E-state index in [4.69, 9.17) is 5.11 Å². The van der Waals surface area contributed by atoms with Gasteiger partial charge in [-0.05, 0) is 44.8 Å². The highest BCUT2D eigenvalue weighted by molar-refractivity contribution is 6.28. The van der Waals surface area contributed by atoms with E-state index in [1.165, 1.54) is 4.90 Å². The zero-order valence-corrected chi connectivity index (χ0v) is 20.5. The third-order valence-electron chi connectivity index (χ3n) is 7.53. The molecule has 35 heavy (non-hydrogen) atoms. The summed E-state index contributed by atoms with van der Waals surface area (Å²) in [6, 6.07) is 7.78. The summed E-state index contributed by atoms with van der Waals surface area (Å²) in [5.74, 6) is -1.60. The van der Waals surface area contributed by atoms with Gasteiger partial charge in [0.05, 0.1) is 0 Å². The summed E-state index contributed by atoms with van der Waals surface area (Å²) >= 11 is 0. The molecule has 3 heterocycles. The van der Waals surface area contributed by atoms with Crippen molar-refractivity contribution in [2.24, 2.45) is 0 Å². The van der Waals surface area contributed by atoms with Crippen LogP contribution in [0.4, 0.5) is 11.4 Å². The number of rotatable bonds is 6. The number of carbonyl (C=O) groups excluding carboxylic acids is 2. The number of piperazine rings is 2. The van der Waals surface area contributed by atoms with Gasteiger partial charge in [0.25, 0.3) is 11.8 Å². The summed E-state index contributed by atoms with van der Waals surface area (Å²) in [6.07, 6.45) is 0.161. The van der Waals surface area contributed by atoms with E-state index in [-0.39, 0.29) is 31.2 Å². The minimum absolute atomic E-state index is 0.0793. The molecule has 3 aliphatic rings. The predicted octanol–water partition coefficient (Wildman–Crippen LogP) is 1.80. The van der Waals surface area contributed by atoms with Gasteiger partial charge in [-0.25, -0.2) is 0 Å². The fraction of sp³-hybridized carbons (Fsp3) is 0.500. The quantitative estimate of drug-likeness (QED) is 0.628. The minimum atomic E-state index is -0.932. The molecule has 5 rings (SSSR count). The van der Waals surface area contributed by atoms with Gasteiger partial charge in [0.1, 0.15) is 0 Å². The van der Waals surface area contributed by atoms with Crippen LogP contribution in [0.1, 0.15) is 33.6 Å². The van der Waals surface area contributed by atoms with Crippen molar-refractivity contribution in [2.45, 2.75) is 12.8 Å². The fourth-order valence-electron chi connectivity index (χ4n) is 5.41. The van der Waals surface area contributed by atoms with Crippen LogP contribution in [0.3, 0.4) is 0 Å². The average Bonchev–Trinajstić information content (AvgIpc) is 2.85. The van der Waals surface area contributed by atoms with Crippen molar-refractivity contribution >= 4 is 39.9 Å². The third-order valence-corrected chi connectivity index (χ3v) is 7.53. The van der Waals surface area contributed by atoms with Crippen LogP contribution >= 0.6 is 0 Å². The van der Waals surface area contributed by atoms with E-state index in [9.17, 15) is 14.4 Å². The van der Waals surface area contributed by atoms with E-state index in [2.05, 4.69) is 33.7 Å². The van der Waals surface area contributed by atoms with Crippen LogP contribution in [0.15, 0.2) is 24.3 Å². The fourth-order valence-corrected chi connectivity index (χ4v) is 5.41. The highest BCUT2D eigenvalue weighted by atomic mass is 16.4. The Kier molecular flexibility index (Phi) is 6.37. The largest absolute Gasteiger partial charge is 0.481 e. The van der Waals surface area contributed by atoms with Gasteiger partial charge < -0.3 is 24.7 Å². The number of aliphatic carboxylic acids is 1. The first-order valence-electron chi connectivity index (χ1n) is 12.4. The van der Waals surface area contributed by atoms with E-state index in [0.717, 1.165) is 74.5 Å². The second-order valence-electron chi connectivity index (χ2n) is 9.85. The maximum Gasteiger partial charge on any atom is 0.303 e. The summed E-state index contributed by atoms with van der Waals surface area (Å²) in [4.78, 5) is 48.5. The van der Waals surface area contributed by atoms with Crippen LogP contribution in [0, 0.1) is 0 Å². The number of hydrogen-bond donors (Lipinski definition) is 1. The summed E-state index contributed by atoms with van der Waals surface area (Å²) in [5.41, 5.74) is 3.21. The standard InChI is InChI=1S/C26H33N5O4/c1-27-10-14-29(15-11-27)20-7-5-18-23-19(26(35)31(25(18)34)9-3-4-22(32)33)6-8-21(24(20)23)30-16-12-28(2)13-17-30/h5-8H,3-4,9-17H2,1-2H3,(H,32,33). The molecule has 0 bridgehead atoms. The smallest absolute Gasteiger partial charge is 0.303 e. The highest BCUT2D eigenvalue weighted by Gasteiger charge is 2.35. The van der Waals surface area contributed by atoms with Gasteiger partial charge in [0.15, 0.2) is 0 Å². The van der Waals surface area contributed by atoms with Gasteiger partial charge in [-0.15, -0.1) is 0 Å². The van der Waals surface area contributed by atoms with Crippen LogP contribution in [-0.4, -0.2) is 111 Å². The highest BCUT2D eigenvalue weighted by Crippen LogP contribution is 2.42. The normalized spacial score (nSPS) is 19.7. The Morgan fingerprint density at radius 3 is 1.63 bits per heavy atom. The number of nitrogens with zero attached hydrogens (tertiary/aromatic N) is 5. The number of hydrogen-bond acceptors (Lipinski definition) is 7. The number of amides is 2. The van der Waals surface area contributed by atoms with Gasteiger partial charge in [-0.1, -0.05) is 0 Å². The Bertz CT molecular complexity index is 1090. The molecule has 0 aromatic heterocycles. The molecule has 3 aliphatic heterocycles. The zero-order valence-electron chi connectivity index (χ0n) is 20.5. The van der Waals surface area contributed by atoms with Crippen LogP contribution in [0.2, 0.25) is 0 Å². The van der Waals surface area contributed by atoms with E-state index < -0.39 is 5.97 Å². The second kappa shape index (κ2) is 9.47. The van der Waals surface area contributed by atoms with Crippen LogP contribution in [0.25, 0.3) is 10.8 Å². The lowest BCUT2D eigenvalue weighted by Gasteiger charge is -2.39. The molecular formula is C26H33N5O4. The molecule has 0 spiro atoms. The molecule has 2 fully saturated rings. The molecule has 0 unspecified atom stereocenters. The first kappa shape index (κ1) is 23.6. The Labute approximate surface area is 205 Å². The molecule has 1 N–H and O–H groups in total. The Morgan fingerprint density at radius 2 is 1.20 bits per heavy atom. The van der Waals surface area contributed by atoms with Crippen molar-refractivity contribution < 1.29 is 19.5 Å². The number of imide groups is 1. The molecule has 0 radical (unpaired) electrons. The molecule has 0 atom stereocenters. The molecule has 0 aliphatic carbocycles. The number of likely N-dealkylation sites (N-methyl/N-ethyl adjacent to an activating group) is 2. The molecule has 9 heteroatoms. The zero-order chi connectivity index (χ0) is 24.7. The van der Waals surface area contributed by atoms with Crippen molar-refractivity contribution in [1.29, 1.82) is 0 Å². The molecule has 2 aromatic rings. The number of benzene rings is 2. The third kappa shape index (κ3) is 4.34. The van der Waals surface area contributed by atoms with E-state index in [1.807, 2.05) is 24.3 Å². The van der Waals surface area contributed by atoms with Crippen LogP contribution in [0.5, 0.6) is 0 Å². The van der Waals surface area contributed by atoms with Crippen LogP contribution < -0.4 is 9.80 Å². The van der Waals surface area contributed by atoms with Gasteiger partial charge in [-0.2, -0.15) is 0 Å². The van der Waals surface area contributed by atoms with Crippen LogP contribution in [-0.2, 0) is 4.79 Å².